The van der Waals surface area contributed by atoms with Gasteiger partial charge in [-0.15, -0.1) is 0 Å². The molecule has 8 heteroatoms. The SMILES string of the molecule is CCOC(=O)C1=C(CN(C)Cc2ccccc2)N(CC)C(=O)N[C@@H]1c1ccc(Cl)cc1Cl. The molecule has 2 aromatic rings. The maximum Gasteiger partial charge on any atom is 0.338 e. The predicted octanol–water partition coefficient (Wildman–Crippen LogP) is 5.03. The van der Waals surface area contributed by atoms with E-state index in [1.165, 1.54) is 0 Å². The zero-order valence-corrected chi connectivity index (χ0v) is 19.9. The van der Waals surface area contributed by atoms with E-state index >= 15 is 0 Å². The van der Waals surface area contributed by atoms with Gasteiger partial charge in [0, 0.05) is 35.4 Å². The minimum Gasteiger partial charge on any atom is -0.463 e. The molecule has 3 rings (SSSR count). The number of ether oxygens (including phenoxy) is 1. The minimum absolute atomic E-state index is 0.219. The normalized spacial score (nSPS) is 16.4. The molecule has 0 unspecified atom stereocenters. The molecule has 0 saturated carbocycles. The van der Waals surface area contributed by atoms with Gasteiger partial charge in [-0.05, 0) is 44.2 Å². The van der Waals surface area contributed by atoms with Gasteiger partial charge in [0.25, 0.3) is 0 Å². The van der Waals surface area contributed by atoms with E-state index < -0.39 is 12.0 Å². The summed E-state index contributed by atoms with van der Waals surface area (Å²) >= 11 is 12.5. The average molecular weight is 476 g/mol. The van der Waals surface area contributed by atoms with E-state index in [2.05, 4.69) is 10.2 Å². The Balaban J connectivity index is 2.07. The highest BCUT2D eigenvalue weighted by atomic mass is 35.5. The fraction of sp³-hybridized carbons (Fsp3) is 0.333. The van der Waals surface area contributed by atoms with Crippen molar-refractivity contribution in [2.75, 3.05) is 26.7 Å². The molecule has 1 atom stereocenters. The second-order valence-electron chi connectivity index (χ2n) is 7.53. The predicted molar refractivity (Wildman–Crippen MR) is 127 cm³/mol. The number of hydrogen-bond acceptors (Lipinski definition) is 4. The number of likely N-dealkylation sites (N-methyl/N-ethyl adjacent to an activating group) is 2. The minimum atomic E-state index is -0.741. The summed E-state index contributed by atoms with van der Waals surface area (Å²) in [5.74, 6) is -0.481. The van der Waals surface area contributed by atoms with Crippen molar-refractivity contribution in [1.29, 1.82) is 0 Å². The fourth-order valence-electron chi connectivity index (χ4n) is 3.83. The molecule has 1 heterocycles. The van der Waals surface area contributed by atoms with Crippen molar-refractivity contribution in [2.45, 2.75) is 26.4 Å². The molecule has 0 aromatic heterocycles. The second-order valence-corrected chi connectivity index (χ2v) is 8.37. The number of urea groups is 1. The first-order valence-electron chi connectivity index (χ1n) is 10.5. The largest absolute Gasteiger partial charge is 0.463 e. The Kier molecular flexibility index (Phi) is 8.18. The molecule has 2 aromatic carbocycles. The van der Waals surface area contributed by atoms with E-state index in [9.17, 15) is 9.59 Å². The third-order valence-electron chi connectivity index (χ3n) is 5.24. The Bertz CT molecular complexity index is 1010. The quantitative estimate of drug-likeness (QED) is 0.543. The van der Waals surface area contributed by atoms with Gasteiger partial charge in [-0.3, -0.25) is 9.80 Å². The molecule has 0 bridgehead atoms. The van der Waals surface area contributed by atoms with Crippen molar-refractivity contribution in [3.05, 3.63) is 81.0 Å². The van der Waals surface area contributed by atoms with E-state index in [1.807, 2.05) is 44.3 Å². The Morgan fingerprint density at radius 3 is 2.47 bits per heavy atom. The van der Waals surface area contributed by atoms with Crippen LogP contribution in [0.2, 0.25) is 10.0 Å². The number of esters is 1. The van der Waals surface area contributed by atoms with Gasteiger partial charge in [-0.2, -0.15) is 0 Å². The Labute approximate surface area is 198 Å². The number of benzene rings is 2. The molecule has 2 amide bonds. The van der Waals surface area contributed by atoms with Crippen LogP contribution in [0.3, 0.4) is 0 Å². The van der Waals surface area contributed by atoms with Gasteiger partial charge in [0.05, 0.1) is 18.2 Å². The van der Waals surface area contributed by atoms with Gasteiger partial charge in [0.1, 0.15) is 0 Å². The number of carbonyl (C=O) groups excluding carboxylic acids is 2. The molecule has 170 valence electrons. The van der Waals surface area contributed by atoms with Gasteiger partial charge < -0.3 is 10.1 Å². The molecular weight excluding hydrogens is 449 g/mol. The molecular formula is C24H27Cl2N3O3. The van der Waals surface area contributed by atoms with E-state index in [1.54, 1.807) is 30.0 Å². The summed E-state index contributed by atoms with van der Waals surface area (Å²) in [7, 11) is 1.95. The van der Waals surface area contributed by atoms with Gasteiger partial charge >= 0.3 is 12.0 Å². The van der Waals surface area contributed by atoms with Crippen molar-refractivity contribution in [2.24, 2.45) is 0 Å². The van der Waals surface area contributed by atoms with Crippen LogP contribution in [-0.2, 0) is 16.1 Å². The van der Waals surface area contributed by atoms with Gasteiger partial charge in [0.15, 0.2) is 0 Å². The highest BCUT2D eigenvalue weighted by Gasteiger charge is 2.38. The Hall–Kier alpha value is -2.54. The third-order valence-corrected chi connectivity index (χ3v) is 5.80. The molecule has 0 aliphatic carbocycles. The van der Waals surface area contributed by atoms with Crippen LogP contribution in [-0.4, -0.2) is 48.5 Å². The molecule has 1 aliphatic rings. The topological polar surface area (TPSA) is 61.9 Å². The lowest BCUT2D eigenvalue weighted by Gasteiger charge is -2.37. The summed E-state index contributed by atoms with van der Waals surface area (Å²) in [6, 6.07) is 14.0. The number of halogens is 2. The van der Waals surface area contributed by atoms with Crippen molar-refractivity contribution >= 4 is 35.2 Å². The summed E-state index contributed by atoms with van der Waals surface area (Å²) in [5, 5.41) is 3.76. The van der Waals surface area contributed by atoms with E-state index in [4.69, 9.17) is 27.9 Å². The number of hydrogen-bond donors (Lipinski definition) is 1. The van der Waals surface area contributed by atoms with Crippen molar-refractivity contribution in [3.8, 4) is 0 Å². The van der Waals surface area contributed by atoms with Gasteiger partial charge in [-0.25, -0.2) is 9.59 Å². The Morgan fingerprint density at radius 1 is 1.12 bits per heavy atom. The number of rotatable bonds is 8. The van der Waals surface area contributed by atoms with Crippen LogP contribution in [0.1, 0.15) is 31.0 Å². The number of nitrogens with zero attached hydrogens (tertiary/aromatic N) is 2. The number of amides is 2. The number of nitrogens with one attached hydrogen (secondary N) is 1. The molecule has 6 nitrogen and oxygen atoms in total. The molecule has 0 fully saturated rings. The van der Waals surface area contributed by atoms with Crippen LogP contribution < -0.4 is 5.32 Å². The van der Waals surface area contributed by atoms with Crippen LogP contribution in [0.5, 0.6) is 0 Å². The van der Waals surface area contributed by atoms with E-state index in [0.717, 1.165) is 5.56 Å². The average Bonchev–Trinajstić information content (AvgIpc) is 2.74. The highest BCUT2D eigenvalue weighted by molar-refractivity contribution is 6.35. The Morgan fingerprint density at radius 2 is 1.84 bits per heavy atom. The lowest BCUT2D eigenvalue weighted by Crippen LogP contribution is -2.50. The smallest absolute Gasteiger partial charge is 0.338 e. The molecule has 32 heavy (non-hydrogen) atoms. The second kappa shape index (κ2) is 10.9. The standard InChI is InChI=1S/C24H27Cl2N3O3/c1-4-29-20(15-28(3)14-16-9-7-6-8-10-16)21(23(30)32-5-2)22(27-24(29)31)18-12-11-17(25)13-19(18)26/h6-13,22H,4-5,14-15H2,1-3H3,(H,27,31)/t22-/m1/s1. The van der Waals surface area contributed by atoms with Crippen LogP contribution in [0.25, 0.3) is 0 Å². The molecule has 1 N–H and O–H groups in total. The summed E-state index contributed by atoms with van der Waals surface area (Å²) in [6.07, 6.45) is 0. The lowest BCUT2D eigenvalue weighted by atomic mass is 9.94. The van der Waals surface area contributed by atoms with Crippen LogP contribution >= 0.6 is 23.2 Å². The van der Waals surface area contributed by atoms with E-state index in [-0.39, 0.29) is 12.6 Å². The van der Waals surface area contributed by atoms with Crippen molar-refractivity contribution in [3.63, 3.8) is 0 Å². The zero-order chi connectivity index (χ0) is 23.3. The first-order valence-corrected chi connectivity index (χ1v) is 11.3. The summed E-state index contributed by atoms with van der Waals surface area (Å²) < 4.78 is 5.39. The van der Waals surface area contributed by atoms with Crippen LogP contribution in [0.4, 0.5) is 4.79 Å². The first-order chi connectivity index (χ1) is 15.3. The molecule has 0 spiro atoms. The third kappa shape index (κ3) is 5.44. The van der Waals surface area contributed by atoms with Gasteiger partial charge in [0.2, 0.25) is 0 Å². The molecule has 0 radical (unpaired) electrons. The van der Waals surface area contributed by atoms with Crippen LogP contribution in [0, 0.1) is 0 Å². The van der Waals surface area contributed by atoms with Crippen molar-refractivity contribution < 1.29 is 14.3 Å². The van der Waals surface area contributed by atoms with Crippen molar-refractivity contribution in [1.82, 2.24) is 15.1 Å². The summed E-state index contributed by atoms with van der Waals surface area (Å²) in [4.78, 5) is 29.8. The molecule has 1 aliphatic heterocycles. The molecule has 0 saturated heterocycles. The number of carbonyl (C=O) groups is 2. The fourth-order valence-corrected chi connectivity index (χ4v) is 4.35. The zero-order valence-electron chi connectivity index (χ0n) is 18.4. The lowest BCUT2D eigenvalue weighted by molar-refractivity contribution is -0.139. The van der Waals surface area contributed by atoms with Gasteiger partial charge in [-0.1, -0.05) is 59.6 Å². The van der Waals surface area contributed by atoms with E-state index in [0.29, 0.717) is 46.5 Å². The maximum atomic E-state index is 13.1. The first kappa shape index (κ1) is 24.1. The van der Waals surface area contributed by atoms with Crippen LogP contribution in [0.15, 0.2) is 59.8 Å². The summed E-state index contributed by atoms with van der Waals surface area (Å²) in [6.45, 7) is 5.29. The highest BCUT2D eigenvalue weighted by Crippen LogP contribution is 2.36. The maximum absolute atomic E-state index is 13.1. The summed E-state index contributed by atoms with van der Waals surface area (Å²) in [5.41, 5.74) is 2.70. The monoisotopic (exact) mass is 475 g/mol.